The van der Waals surface area contributed by atoms with E-state index in [1.807, 2.05) is 35.2 Å². The van der Waals surface area contributed by atoms with Gasteiger partial charge in [-0.15, -0.1) is 0 Å². The molecule has 1 aromatic heterocycles. The lowest BCUT2D eigenvalue weighted by Crippen LogP contribution is -2.45. The number of hydrogen-bond acceptors (Lipinski definition) is 5. The van der Waals surface area contributed by atoms with Gasteiger partial charge < -0.3 is 19.5 Å². The lowest BCUT2D eigenvalue weighted by Gasteiger charge is -2.37. The third kappa shape index (κ3) is 3.91. The van der Waals surface area contributed by atoms with Crippen LogP contribution >= 0.6 is 0 Å². The van der Waals surface area contributed by atoms with Gasteiger partial charge in [0.2, 0.25) is 0 Å². The predicted octanol–water partition coefficient (Wildman–Crippen LogP) is 4.37. The van der Waals surface area contributed by atoms with E-state index in [2.05, 4.69) is 10.5 Å². The van der Waals surface area contributed by atoms with Crippen LogP contribution in [0.3, 0.4) is 0 Å². The summed E-state index contributed by atoms with van der Waals surface area (Å²) in [6.45, 7) is 1.34. The van der Waals surface area contributed by atoms with Gasteiger partial charge in [-0.25, -0.2) is 0 Å². The molecule has 2 aliphatic heterocycles. The van der Waals surface area contributed by atoms with Crippen molar-refractivity contribution in [2.45, 2.75) is 31.7 Å². The van der Waals surface area contributed by atoms with Gasteiger partial charge in [0.05, 0.1) is 12.2 Å². The highest BCUT2D eigenvalue weighted by Crippen LogP contribution is 2.31. The van der Waals surface area contributed by atoms with Crippen molar-refractivity contribution in [2.24, 2.45) is 0 Å². The topological polar surface area (TPSA) is 84.7 Å². The van der Waals surface area contributed by atoms with E-state index in [9.17, 15) is 9.59 Å². The average molecular weight is 417 g/mol. The van der Waals surface area contributed by atoms with Crippen LogP contribution in [-0.2, 0) is 0 Å². The van der Waals surface area contributed by atoms with Crippen molar-refractivity contribution in [3.63, 3.8) is 0 Å². The highest BCUT2D eigenvalue weighted by molar-refractivity contribution is 6.05. The second kappa shape index (κ2) is 8.26. The molecule has 5 rings (SSSR count). The number of aromatic nitrogens is 1. The van der Waals surface area contributed by atoms with Crippen LogP contribution in [0.25, 0.3) is 11.3 Å². The van der Waals surface area contributed by atoms with Crippen LogP contribution in [0.1, 0.15) is 46.5 Å². The number of rotatable bonds is 3. The molecule has 0 radical (unpaired) electrons. The van der Waals surface area contributed by atoms with Crippen LogP contribution in [0.2, 0.25) is 0 Å². The number of nitrogens with zero attached hydrogens (tertiary/aromatic N) is 2. The van der Waals surface area contributed by atoms with E-state index in [4.69, 9.17) is 9.26 Å². The average Bonchev–Trinajstić information content (AvgIpc) is 3.30. The number of ether oxygens (including phenoxy) is 1. The number of hydrogen-bond donors (Lipinski definition) is 1. The van der Waals surface area contributed by atoms with Gasteiger partial charge in [-0.05, 0) is 37.5 Å². The first-order valence-electron chi connectivity index (χ1n) is 10.6. The zero-order valence-electron chi connectivity index (χ0n) is 17.0. The molecule has 0 saturated carbocycles. The number of anilines is 1. The Morgan fingerprint density at radius 2 is 1.94 bits per heavy atom. The predicted molar refractivity (Wildman–Crippen MR) is 115 cm³/mol. The van der Waals surface area contributed by atoms with E-state index >= 15 is 0 Å². The summed E-state index contributed by atoms with van der Waals surface area (Å²) in [4.78, 5) is 27.9. The molecule has 3 aromatic rings. The maximum absolute atomic E-state index is 13.2. The van der Waals surface area contributed by atoms with E-state index in [0.717, 1.165) is 37.8 Å². The molecule has 1 N–H and O–H groups in total. The van der Waals surface area contributed by atoms with Crippen molar-refractivity contribution in [1.29, 1.82) is 0 Å². The monoisotopic (exact) mass is 417 g/mol. The van der Waals surface area contributed by atoms with Crippen molar-refractivity contribution in [3.8, 4) is 17.1 Å². The second-order valence-corrected chi connectivity index (χ2v) is 7.89. The van der Waals surface area contributed by atoms with Gasteiger partial charge in [0, 0.05) is 36.3 Å². The van der Waals surface area contributed by atoms with Crippen LogP contribution in [0.15, 0.2) is 59.1 Å². The number of fused-ring (bicyclic) bond motifs is 2. The SMILES string of the molecule is O=C(Nc1ccc2c(c1)C(=O)N1CCCCC1CCO2)c1cc(-c2ccccc2)on1. The van der Waals surface area contributed by atoms with E-state index in [1.54, 1.807) is 24.3 Å². The molecule has 1 fully saturated rings. The zero-order chi connectivity index (χ0) is 21.2. The summed E-state index contributed by atoms with van der Waals surface area (Å²) in [5.74, 6) is 0.632. The fourth-order valence-electron chi connectivity index (χ4n) is 4.24. The fourth-order valence-corrected chi connectivity index (χ4v) is 4.24. The minimum absolute atomic E-state index is 0.0386. The quantitative estimate of drug-likeness (QED) is 0.684. The zero-order valence-corrected chi connectivity index (χ0v) is 17.0. The van der Waals surface area contributed by atoms with E-state index in [0.29, 0.717) is 29.4 Å². The highest BCUT2D eigenvalue weighted by atomic mass is 16.5. The van der Waals surface area contributed by atoms with Gasteiger partial charge >= 0.3 is 0 Å². The van der Waals surface area contributed by atoms with Crippen molar-refractivity contribution in [1.82, 2.24) is 10.1 Å². The Hall–Kier alpha value is -3.61. The van der Waals surface area contributed by atoms with E-state index < -0.39 is 5.91 Å². The lowest BCUT2D eigenvalue weighted by molar-refractivity contribution is 0.0548. The molecule has 2 aromatic carbocycles. The molecule has 0 bridgehead atoms. The normalized spacial score (nSPS) is 18.3. The molecule has 7 nitrogen and oxygen atoms in total. The van der Waals surface area contributed by atoms with Crippen molar-refractivity contribution < 1.29 is 18.8 Å². The summed E-state index contributed by atoms with van der Waals surface area (Å²) >= 11 is 0. The van der Waals surface area contributed by atoms with Crippen LogP contribution in [0, 0.1) is 0 Å². The number of carbonyl (C=O) groups excluding carboxylic acids is 2. The Labute approximate surface area is 180 Å². The molecule has 1 unspecified atom stereocenters. The van der Waals surface area contributed by atoms with Gasteiger partial charge in [0.1, 0.15) is 5.75 Å². The molecular weight excluding hydrogens is 394 g/mol. The summed E-state index contributed by atoms with van der Waals surface area (Å²) in [5.41, 5.74) is 2.01. The molecule has 0 spiro atoms. The first-order chi connectivity index (χ1) is 15.2. The first-order valence-corrected chi connectivity index (χ1v) is 10.6. The summed E-state index contributed by atoms with van der Waals surface area (Å²) < 4.78 is 11.2. The molecule has 1 atom stereocenters. The third-order valence-electron chi connectivity index (χ3n) is 5.87. The summed E-state index contributed by atoms with van der Waals surface area (Å²) in [6.07, 6.45) is 4.02. The van der Waals surface area contributed by atoms with Gasteiger partial charge in [-0.3, -0.25) is 9.59 Å². The Bertz CT molecular complexity index is 1110. The standard InChI is InChI=1S/C24H23N3O4/c28-23(20-15-22(31-26-20)16-6-2-1-3-7-16)25-17-9-10-21-19(14-17)24(29)27-12-5-4-8-18(27)11-13-30-21/h1-3,6-7,9-10,14-15,18H,4-5,8,11-13H2,(H,25,28). The largest absolute Gasteiger partial charge is 0.493 e. The fraction of sp³-hybridized carbons (Fsp3) is 0.292. The Morgan fingerprint density at radius 1 is 1.06 bits per heavy atom. The van der Waals surface area contributed by atoms with E-state index in [-0.39, 0.29) is 17.6 Å². The second-order valence-electron chi connectivity index (χ2n) is 7.89. The van der Waals surface area contributed by atoms with Crippen LogP contribution in [-0.4, -0.2) is 41.1 Å². The number of nitrogens with one attached hydrogen (secondary N) is 1. The number of benzene rings is 2. The van der Waals surface area contributed by atoms with Crippen LogP contribution in [0.5, 0.6) is 5.75 Å². The molecule has 0 aliphatic carbocycles. The Morgan fingerprint density at radius 3 is 2.81 bits per heavy atom. The molecule has 1 saturated heterocycles. The van der Waals surface area contributed by atoms with Gasteiger partial charge in [-0.1, -0.05) is 35.5 Å². The summed E-state index contributed by atoms with van der Waals surface area (Å²) in [7, 11) is 0. The van der Waals surface area contributed by atoms with Crippen LogP contribution in [0.4, 0.5) is 5.69 Å². The first kappa shape index (κ1) is 19.4. The van der Waals surface area contributed by atoms with Crippen molar-refractivity contribution >= 4 is 17.5 Å². The smallest absolute Gasteiger partial charge is 0.277 e. The van der Waals surface area contributed by atoms with Gasteiger partial charge in [-0.2, -0.15) is 0 Å². The number of amides is 2. The number of piperidine rings is 1. The maximum Gasteiger partial charge on any atom is 0.277 e. The minimum Gasteiger partial charge on any atom is -0.493 e. The maximum atomic E-state index is 13.2. The van der Waals surface area contributed by atoms with Crippen LogP contribution < -0.4 is 10.1 Å². The highest BCUT2D eigenvalue weighted by Gasteiger charge is 2.31. The van der Waals surface area contributed by atoms with Crippen molar-refractivity contribution in [3.05, 3.63) is 65.9 Å². The molecule has 3 heterocycles. The van der Waals surface area contributed by atoms with Crippen molar-refractivity contribution in [2.75, 3.05) is 18.5 Å². The van der Waals surface area contributed by atoms with E-state index in [1.165, 1.54) is 0 Å². The molecule has 31 heavy (non-hydrogen) atoms. The Kier molecular flexibility index (Phi) is 5.16. The molecule has 2 amide bonds. The molecule has 2 aliphatic rings. The molecular formula is C24H23N3O4. The van der Waals surface area contributed by atoms with Gasteiger partial charge in [0.25, 0.3) is 11.8 Å². The number of carbonyl (C=O) groups is 2. The third-order valence-corrected chi connectivity index (χ3v) is 5.87. The summed E-state index contributed by atoms with van der Waals surface area (Å²) in [5, 5.41) is 6.70. The Balaban J connectivity index is 1.37. The molecule has 158 valence electrons. The lowest BCUT2D eigenvalue weighted by atomic mass is 9.97. The minimum atomic E-state index is -0.402. The van der Waals surface area contributed by atoms with Gasteiger partial charge in [0.15, 0.2) is 11.5 Å². The molecule has 7 heteroatoms. The summed E-state index contributed by atoms with van der Waals surface area (Å²) in [6, 6.07) is 16.4.